The summed E-state index contributed by atoms with van der Waals surface area (Å²) in [6, 6.07) is 17.7. The summed E-state index contributed by atoms with van der Waals surface area (Å²) in [6.07, 6.45) is 4.40. The van der Waals surface area contributed by atoms with Crippen LogP contribution in [0.1, 0.15) is 112 Å². The van der Waals surface area contributed by atoms with Gasteiger partial charge in [-0.25, -0.2) is 15.0 Å². The largest absolute Gasteiger partial charge is 0.489 e. The number of carbonyl (C=O) groups is 3. The third-order valence-corrected chi connectivity index (χ3v) is 16.3. The third-order valence-electron chi connectivity index (χ3n) is 15.0. The van der Waals surface area contributed by atoms with Gasteiger partial charge in [-0.1, -0.05) is 77.4 Å². The number of thiazole rings is 1. The van der Waals surface area contributed by atoms with Crippen LogP contribution < -0.4 is 20.3 Å². The molecule has 4 atom stereocenters. The molecule has 1 saturated carbocycles. The Labute approximate surface area is 426 Å². The number of piperazine rings is 1. The van der Waals surface area contributed by atoms with Crippen molar-refractivity contribution in [1.82, 2.24) is 40.0 Å². The first-order chi connectivity index (χ1) is 33.8. The Hall–Kier alpha value is -5.86. The number of ether oxygens (including phenoxy) is 1. The van der Waals surface area contributed by atoms with Gasteiger partial charge in [0.2, 0.25) is 11.8 Å². The lowest BCUT2D eigenvalue weighted by molar-refractivity contribution is -0.164. The molecule has 71 heavy (non-hydrogen) atoms. The minimum absolute atomic E-state index is 0.0937. The van der Waals surface area contributed by atoms with E-state index in [1.165, 1.54) is 0 Å². The molecule has 376 valence electrons. The lowest BCUT2D eigenvalue weighted by Gasteiger charge is -2.63. The normalized spacial score (nSPS) is 21.6. The number of nitrogens with zero attached hydrogens (tertiary/aromatic N) is 8. The van der Waals surface area contributed by atoms with E-state index in [0.29, 0.717) is 27.7 Å². The molecule has 0 bridgehead atoms. The molecule has 3 aliphatic rings. The number of carbonyl (C=O) groups excluding carboxylic acids is 3. The Balaban J connectivity index is 0.799. The summed E-state index contributed by atoms with van der Waals surface area (Å²) in [7, 11) is 1.96. The van der Waals surface area contributed by atoms with E-state index < -0.39 is 18.1 Å². The first kappa shape index (κ1) is 51.5. The maximum Gasteiger partial charge on any atom is 0.253 e. The molecule has 2 saturated heterocycles. The molecule has 3 amide bonds. The van der Waals surface area contributed by atoms with E-state index in [1.807, 2.05) is 87.4 Å². The highest BCUT2D eigenvalue weighted by molar-refractivity contribution is 7.13. The lowest BCUT2D eigenvalue weighted by atomic mass is 9.49. The molecule has 5 heterocycles. The first-order valence-electron chi connectivity index (χ1n) is 24.7. The number of hydrogen-bond acceptors (Lipinski definition) is 12. The average Bonchev–Trinajstić information content (AvgIpc) is 4.07. The highest BCUT2D eigenvalue weighted by atomic mass is 35.5. The van der Waals surface area contributed by atoms with Gasteiger partial charge in [0.25, 0.3) is 5.91 Å². The van der Waals surface area contributed by atoms with Gasteiger partial charge in [0, 0.05) is 87.2 Å². The maximum absolute atomic E-state index is 14.4. The van der Waals surface area contributed by atoms with E-state index >= 15 is 0 Å². The van der Waals surface area contributed by atoms with Gasteiger partial charge in [-0.3, -0.25) is 19.3 Å². The Bertz CT molecular complexity index is 2740. The highest BCUT2D eigenvalue weighted by Crippen LogP contribution is 2.55. The third kappa shape index (κ3) is 10.7. The summed E-state index contributed by atoms with van der Waals surface area (Å²) < 4.78 is 8.43. The molecule has 15 nitrogen and oxygen atoms in total. The zero-order chi connectivity index (χ0) is 50.9. The Morgan fingerprint density at radius 3 is 2.31 bits per heavy atom. The fraction of sp³-hybridized carbons (Fsp3) is 0.500. The van der Waals surface area contributed by atoms with Gasteiger partial charge in [0.15, 0.2) is 0 Å². The fourth-order valence-corrected chi connectivity index (χ4v) is 12.3. The summed E-state index contributed by atoms with van der Waals surface area (Å²) >= 11 is 7.87. The number of aliphatic hydroxyl groups excluding tert-OH is 1. The molecule has 3 aromatic heterocycles. The number of hydrogen-bond donors (Lipinski definition) is 3. The van der Waals surface area contributed by atoms with Crippen LogP contribution in [0.4, 0.5) is 5.82 Å². The van der Waals surface area contributed by atoms with Crippen molar-refractivity contribution in [1.29, 1.82) is 5.26 Å². The van der Waals surface area contributed by atoms with Gasteiger partial charge in [-0.15, -0.1) is 11.3 Å². The zero-order valence-electron chi connectivity index (χ0n) is 42.3. The van der Waals surface area contributed by atoms with Gasteiger partial charge in [0.05, 0.1) is 50.3 Å². The Morgan fingerprint density at radius 1 is 0.972 bits per heavy atom. The zero-order valence-corrected chi connectivity index (χ0v) is 43.9. The number of imidazole rings is 1. The molecule has 0 spiro atoms. The second kappa shape index (κ2) is 21.1. The van der Waals surface area contributed by atoms with Crippen LogP contribution in [0.25, 0.3) is 10.4 Å². The quantitative estimate of drug-likeness (QED) is 0.0881. The van der Waals surface area contributed by atoms with Gasteiger partial charge in [-0.2, -0.15) is 5.26 Å². The summed E-state index contributed by atoms with van der Waals surface area (Å²) in [5, 5.41) is 26.8. The van der Waals surface area contributed by atoms with E-state index in [4.69, 9.17) is 26.3 Å². The molecule has 5 aromatic rings. The molecular weight excluding hydrogens is 936 g/mol. The van der Waals surface area contributed by atoms with E-state index in [-0.39, 0.29) is 65.6 Å². The van der Waals surface area contributed by atoms with E-state index in [9.17, 15) is 24.8 Å². The van der Waals surface area contributed by atoms with Crippen molar-refractivity contribution >= 4 is 46.5 Å². The average molecular weight is 1000 g/mol. The summed E-state index contributed by atoms with van der Waals surface area (Å²) in [5.41, 5.74) is 6.01. The molecule has 1 aliphatic carbocycles. The fourth-order valence-electron chi connectivity index (χ4n) is 11.3. The number of aromatic nitrogens is 4. The van der Waals surface area contributed by atoms with Crippen LogP contribution in [-0.2, 0) is 23.1 Å². The molecule has 2 unspecified atom stereocenters. The maximum atomic E-state index is 14.4. The number of nitrogens with one attached hydrogen (secondary N) is 2. The number of aliphatic hydroxyl groups is 1. The molecule has 17 heteroatoms. The minimum Gasteiger partial charge on any atom is -0.489 e. The van der Waals surface area contributed by atoms with Crippen molar-refractivity contribution in [2.45, 2.75) is 111 Å². The number of nitriles is 1. The van der Waals surface area contributed by atoms with Gasteiger partial charge < -0.3 is 34.8 Å². The molecule has 0 radical (unpaired) electrons. The Morgan fingerprint density at radius 2 is 1.69 bits per heavy atom. The minimum atomic E-state index is -0.798. The summed E-state index contributed by atoms with van der Waals surface area (Å²) in [6.45, 7) is 20.6. The van der Waals surface area contributed by atoms with E-state index in [0.717, 1.165) is 78.8 Å². The highest BCUT2D eigenvalue weighted by Gasteiger charge is 2.64. The standard InChI is InChI=1S/C54H67ClN10O5S/c1-32(2)45(50(69)65-30-40(66)25-43(65)49(68)60-33(3)35-12-14-36(15-13-35)46-34(4)59-31-71-46)47-58-29-39(62(47)9)11-10-20-63-21-23-64(24-22-63)44-19-17-38(28-57-44)48(67)61-51-53(5,6)52(54(51,7)8)70-41-18-16-37(27-56)42(55)26-41/h12-19,26,28-29,31-33,40,43,45,51-52,66H,10-11,20-25,30H2,1-9H3,(H,60,68)(H,61,67)/t33?,40-,43+,45?,51-,52-/m1/s1. The number of pyridine rings is 1. The van der Waals surface area contributed by atoms with Crippen LogP contribution in [0, 0.1) is 35.0 Å². The van der Waals surface area contributed by atoms with Crippen LogP contribution in [0.15, 0.2) is 72.5 Å². The summed E-state index contributed by atoms with van der Waals surface area (Å²) in [4.78, 5) is 63.1. The number of benzene rings is 2. The van der Waals surface area contributed by atoms with Crippen LogP contribution in [0.3, 0.4) is 0 Å². The van der Waals surface area contributed by atoms with Crippen molar-refractivity contribution in [3.63, 3.8) is 0 Å². The number of rotatable bonds is 16. The number of amides is 3. The van der Waals surface area contributed by atoms with E-state index in [2.05, 4.69) is 59.2 Å². The molecule has 3 fully saturated rings. The number of anilines is 1. The first-order valence-corrected chi connectivity index (χ1v) is 25.9. The van der Waals surface area contributed by atoms with Crippen LogP contribution in [0.2, 0.25) is 5.02 Å². The SMILES string of the molecule is Cc1ncsc1-c1ccc(C(C)NC(=O)[C@@H]2C[C@@H](O)CN2C(=O)C(c2ncc(CCCN3CCN(c4ccc(C(=O)N[C@H]5C(C)(C)[C@H](Oc6ccc(C#N)c(Cl)c6)C5(C)C)cn4)CC3)n2C)C(C)C)cc1. The Kier molecular flexibility index (Phi) is 15.3. The van der Waals surface area contributed by atoms with Crippen molar-refractivity contribution in [2.24, 2.45) is 23.8 Å². The van der Waals surface area contributed by atoms with E-state index in [1.54, 1.807) is 40.6 Å². The number of halogens is 1. The van der Waals surface area contributed by atoms with Crippen LogP contribution in [-0.4, -0.2) is 116 Å². The molecular formula is C54H67ClN10O5S. The summed E-state index contributed by atoms with van der Waals surface area (Å²) in [5.74, 6) is 0.743. The monoisotopic (exact) mass is 1000 g/mol. The predicted molar refractivity (Wildman–Crippen MR) is 276 cm³/mol. The van der Waals surface area contributed by atoms with Crippen LogP contribution >= 0.6 is 22.9 Å². The van der Waals surface area contributed by atoms with Gasteiger partial charge in [-0.05, 0) is 74.5 Å². The smallest absolute Gasteiger partial charge is 0.253 e. The number of β-amino-alcohol motifs (C(OH)–C–C–N with tert-alkyl or cyclic N) is 1. The number of aryl methyl sites for hydroxylation is 2. The number of likely N-dealkylation sites (tertiary alicyclic amines) is 1. The lowest BCUT2D eigenvalue weighted by Crippen LogP contribution is -2.74. The van der Waals surface area contributed by atoms with Crippen molar-refractivity contribution in [2.75, 3.05) is 44.2 Å². The van der Waals surface area contributed by atoms with Crippen molar-refractivity contribution in [3.8, 4) is 22.3 Å². The van der Waals surface area contributed by atoms with Crippen molar-refractivity contribution < 1.29 is 24.2 Å². The second-order valence-electron chi connectivity index (χ2n) is 21.0. The van der Waals surface area contributed by atoms with Crippen LogP contribution in [0.5, 0.6) is 5.75 Å². The molecule has 8 rings (SSSR count). The molecule has 2 aromatic carbocycles. The van der Waals surface area contributed by atoms with Crippen molar-refractivity contribution in [3.05, 3.63) is 111 Å². The second-order valence-corrected chi connectivity index (χ2v) is 22.3. The predicted octanol–water partition coefficient (Wildman–Crippen LogP) is 7.72. The van der Waals surface area contributed by atoms with Gasteiger partial charge >= 0.3 is 0 Å². The molecule has 2 aliphatic heterocycles. The van der Waals surface area contributed by atoms with Gasteiger partial charge in [0.1, 0.15) is 35.6 Å². The topological polar surface area (TPSA) is 182 Å². The molecule has 3 N–H and O–H groups in total.